The van der Waals surface area contributed by atoms with Gasteiger partial charge in [0.1, 0.15) is 17.2 Å². The lowest BCUT2D eigenvalue weighted by atomic mass is 10.1. The Hall–Kier alpha value is -3.74. The van der Waals surface area contributed by atoms with E-state index in [9.17, 15) is 14.0 Å². The van der Waals surface area contributed by atoms with Crippen LogP contribution in [0, 0.1) is 5.82 Å². The summed E-state index contributed by atoms with van der Waals surface area (Å²) in [6, 6.07) is 16.9. The number of halogens is 1. The zero-order valence-electron chi connectivity index (χ0n) is 16.1. The first-order chi connectivity index (χ1) is 14.6. The van der Waals surface area contributed by atoms with Gasteiger partial charge in [0.15, 0.2) is 0 Å². The maximum absolute atomic E-state index is 13.5. The molecule has 0 bridgehead atoms. The molecule has 1 saturated heterocycles. The zero-order valence-corrected chi connectivity index (χ0v) is 16.1. The number of fused-ring (bicyclic) bond motifs is 1. The Morgan fingerprint density at radius 1 is 1.07 bits per heavy atom. The number of benzene rings is 2. The van der Waals surface area contributed by atoms with E-state index in [1.165, 1.54) is 12.1 Å². The van der Waals surface area contributed by atoms with Crippen molar-refractivity contribution in [3.8, 4) is 11.3 Å². The fraction of sp³-hybridized carbons (Fsp3) is 0.174. The summed E-state index contributed by atoms with van der Waals surface area (Å²) in [6.07, 6.45) is 1.54. The van der Waals surface area contributed by atoms with Gasteiger partial charge in [-0.1, -0.05) is 30.3 Å². The van der Waals surface area contributed by atoms with Crippen LogP contribution in [-0.4, -0.2) is 32.3 Å². The van der Waals surface area contributed by atoms with Gasteiger partial charge < -0.3 is 14.9 Å². The Kier molecular flexibility index (Phi) is 4.43. The molecule has 4 aromatic rings. The van der Waals surface area contributed by atoms with Crippen molar-refractivity contribution in [2.45, 2.75) is 18.9 Å². The van der Waals surface area contributed by atoms with Gasteiger partial charge in [0.25, 0.3) is 11.5 Å². The number of H-pyrrole nitrogens is 2. The number of carbonyl (C=O) groups excluding carboxylic acids is 1. The number of hydrogen-bond acceptors (Lipinski definition) is 3. The van der Waals surface area contributed by atoms with Gasteiger partial charge in [-0.15, -0.1) is 0 Å². The molecular formula is C23H19FN4O2. The second-order valence-electron chi connectivity index (χ2n) is 7.42. The van der Waals surface area contributed by atoms with E-state index < -0.39 is 5.56 Å². The molecule has 6 nitrogen and oxygen atoms in total. The fourth-order valence-electron chi connectivity index (χ4n) is 4.04. The van der Waals surface area contributed by atoms with Gasteiger partial charge in [0, 0.05) is 12.2 Å². The number of rotatable bonds is 3. The molecule has 0 radical (unpaired) electrons. The number of carbonyl (C=O) groups is 1. The van der Waals surface area contributed by atoms with Gasteiger partial charge in [-0.2, -0.15) is 0 Å². The van der Waals surface area contributed by atoms with E-state index in [-0.39, 0.29) is 23.3 Å². The minimum Gasteiger partial charge on any atom is -0.340 e. The van der Waals surface area contributed by atoms with Crippen LogP contribution < -0.4 is 5.56 Å². The zero-order chi connectivity index (χ0) is 20.7. The lowest BCUT2D eigenvalue weighted by Gasteiger charge is -2.23. The summed E-state index contributed by atoms with van der Waals surface area (Å²) in [6.45, 7) is 0.536. The summed E-state index contributed by atoms with van der Waals surface area (Å²) in [7, 11) is 0. The SMILES string of the molecule is O=C(c1ccc(-c2ccccc2)[nH]c1=O)N1CCCC1c1nc2ccc(F)cc2[nH]1. The molecule has 0 aliphatic carbocycles. The molecule has 1 aliphatic rings. The van der Waals surface area contributed by atoms with Crippen LogP contribution in [0.25, 0.3) is 22.3 Å². The minimum atomic E-state index is -0.418. The second-order valence-corrected chi connectivity index (χ2v) is 7.42. The highest BCUT2D eigenvalue weighted by Crippen LogP contribution is 2.32. The first-order valence-corrected chi connectivity index (χ1v) is 9.85. The molecule has 1 aliphatic heterocycles. The van der Waals surface area contributed by atoms with E-state index in [4.69, 9.17) is 0 Å². The van der Waals surface area contributed by atoms with Gasteiger partial charge in [-0.25, -0.2) is 9.37 Å². The predicted molar refractivity (Wildman–Crippen MR) is 112 cm³/mol. The van der Waals surface area contributed by atoms with Crippen molar-refractivity contribution < 1.29 is 9.18 Å². The van der Waals surface area contributed by atoms with Crippen molar-refractivity contribution in [1.29, 1.82) is 0 Å². The quantitative estimate of drug-likeness (QED) is 0.543. The van der Waals surface area contributed by atoms with Crippen LogP contribution in [0.15, 0.2) is 65.5 Å². The van der Waals surface area contributed by atoms with Crippen molar-refractivity contribution in [2.75, 3.05) is 6.54 Å². The van der Waals surface area contributed by atoms with Crippen molar-refractivity contribution >= 4 is 16.9 Å². The molecule has 150 valence electrons. The normalized spacial score (nSPS) is 16.3. The van der Waals surface area contributed by atoms with Gasteiger partial charge in [0.05, 0.1) is 17.1 Å². The standard InChI is InChI=1S/C23H19FN4O2/c24-15-8-10-18-19(13-15)26-21(25-18)20-7-4-12-28(20)23(30)16-9-11-17(27-22(16)29)14-5-2-1-3-6-14/h1-3,5-6,8-11,13,20H,4,7,12H2,(H,25,26)(H,27,29). The molecule has 30 heavy (non-hydrogen) atoms. The minimum absolute atomic E-state index is 0.101. The first-order valence-electron chi connectivity index (χ1n) is 9.85. The monoisotopic (exact) mass is 402 g/mol. The lowest BCUT2D eigenvalue weighted by Crippen LogP contribution is -2.34. The molecule has 5 rings (SSSR count). The smallest absolute Gasteiger partial charge is 0.261 e. The van der Waals surface area contributed by atoms with Crippen LogP contribution in [0.1, 0.15) is 35.1 Å². The highest BCUT2D eigenvalue weighted by atomic mass is 19.1. The maximum Gasteiger partial charge on any atom is 0.261 e. The molecule has 3 heterocycles. The van der Waals surface area contributed by atoms with Gasteiger partial charge >= 0.3 is 0 Å². The van der Waals surface area contributed by atoms with Crippen LogP contribution in [0.5, 0.6) is 0 Å². The molecule has 1 atom stereocenters. The average molecular weight is 402 g/mol. The van der Waals surface area contributed by atoms with Crippen LogP contribution in [0.4, 0.5) is 4.39 Å². The number of pyridine rings is 1. The van der Waals surface area contributed by atoms with Crippen molar-refractivity contribution in [3.63, 3.8) is 0 Å². The topological polar surface area (TPSA) is 81.8 Å². The van der Waals surface area contributed by atoms with Crippen LogP contribution in [0.3, 0.4) is 0 Å². The summed E-state index contributed by atoms with van der Waals surface area (Å²) < 4.78 is 13.5. The molecule has 2 N–H and O–H groups in total. The highest BCUT2D eigenvalue weighted by Gasteiger charge is 2.33. The average Bonchev–Trinajstić information content (AvgIpc) is 3.40. The molecular weight excluding hydrogens is 383 g/mol. The second kappa shape index (κ2) is 7.26. The summed E-state index contributed by atoms with van der Waals surface area (Å²) in [5, 5.41) is 0. The Morgan fingerprint density at radius 3 is 2.70 bits per heavy atom. The van der Waals surface area contributed by atoms with Crippen molar-refractivity contribution in [3.05, 3.63) is 88.2 Å². The maximum atomic E-state index is 13.5. The third-order valence-electron chi connectivity index (χ3n) is 5.52. The third kappa shape index (κ3) is 3.18. The Balaban J connectivity index is 1.45. The predicted octanol–water partition coefficient (Wildman–Crippen LogP) is 4.03. The number of imidazole rings is 1. The van der Waals surface area contributed by atoms with Crippen LogP contribution in [-0.2, 0) is 0 Å². The summed E-state index contributed by atoms with van der Waals surface area (Å²) in [5.74, 6) is -0.0640. The number of nitrogens with zero attached hydrogens (tertiary/aromatic N) is 2. The highest BCUT2D eigenvalue weighted by molar-refractivity contribution is 5.94. The molecule has 1 amide bonds. The molecule has 7 heteroatoms. The molecule has 1 fully saturated rings. The Labute approximate surface area is 171 Å². The van der Waals surface area contributed by atoms with Crippen LogP contribution in [0.2, 0.25) is 0 Å². The third-order valence-corrected chi connectivity index (χ3v) is 5.52. The van der Waals surface area contributed by atoms with Gasteiger partial charge in [-0.3, -0.25) is 9.59 Å². The number of hydrogen-bond donors (Lipinski definition) is 2. The van der Waals surface area contributed by atoms with Crippen LogP contribution >= 0.6 is 0 Å². The van der Waals surface area contributed by atoms with E-state index in [1.54, 1.807) is 23.1 Å². The Morgan fingerprint density at radius 2 is 1.90 bits per heavy atom. The summed E-state index contributed by atoms with van der Waals surface area (Å²) in [4.78, 5) is 38.0. The van der Waals surface area contributed by atoms with Crippen molar-refractivity contribution in [2.24, 2.45) is 0 Å². The number of nitrogens with one attached hydrogen (secondary N) is 2. The first kappa shape index (κ1) is 18.3. The number of aromatic amines is 2. The number of amides is 1. The summed E-state index contributed by atoms with van der Waals surface area (Å²) >= 11 is 0. The molecule has 2 aromatic heterocycles. The molecule has 1 unspecified atom stereocenters. The van der Waals surface area contributed by atoms with E-state index in [0.717, 1.165) is 18.4 Å². The van der Waals surface area contributed by atoms with E-state index in [0.29, 0.717) is 29.1 Å². The lowest BCUT2D eigenvalue weighted by molar-refractivity contribution is 0.0728. The summed E-state index contributed by atoms with van der Waals surface area (Å²) in [5.41, 5.74) is 2.46. The fourth-order valence-corrected chi connectivity index (χ4v) is 4.04. The number of likely N-dealkylation sites (tertiary alicyclic amines) is 1. The molecule has 2 aromatic carbocycles. The molecule has 0 saturated carbocycles. The molecule has 0 spiro atoms. The van der Waals surface area contributed by atoms with E-state index in [1.807, 2.05) is 30.3 Å². The largest absolute Gasteiger partial charge is 0.340 e. The van der Waals surface area contributed by atoms with Gasteiger partial charge in [0.2, 0.25) is 0 Å². The van der Waals surface area contributed by atoms with E-state index in [2.05, 4.69) is 15.0 Å². The van der Waals surface area contributed by atoms with Gasteiger partial charge in [-0.05, 0) is 48.7 Å². The van der Waals surface area contributed by atoms with E-state index >= 15 is 0 Å². The Bertz CT molecular complexity index is 1300. The number of aromatic nitrogens is 3. The van der Waals surface area contributed by atoms with Crippen molar-refractivity contribution in [1.82, 2.24) is 19.9 Å².